The molecular formula is C67H124O6. The largest absolute Gasteiger partial charge is 0.462 e. The maximum atomic E-state index is 12.9. The Morgan fingerprint density at radius 3 is 0.822 bits per heavy atom. The normalized spacial score (nSPS) is 12.2. The van der Waals surface area contributed by atoms with E-state index in [-0.39, 0.29) is 31.1 Å². The van der Waals surface area contributed by atoms with Crippen molar-refractivity contribution in [2.45, 2.75) is 361 Å². The van der Waals surface area contributed by atoms with E-state index in [0.29, 0.717) is 19.3 Å². The van der Waals surface area contributed by atoms with Crippen molar-refractivity contribution in [2.24, 2.45) is 0 Å². The van der Waals surface area contributed by atoms with Gasteiger partial charge in [-0.2, -0.15) is 0 Å². The van der Waals surface area contributed by atoms with E-state index < -0.39 is 6.10 Å². The molecule has 0 aromatic carbocycles. The molecule has 1 unspecified atom stereocenters. The van der Waals surface area contributed by atoms with Gasteiger partial charge >= 0.3 is 17.9 Å². The van der Waals surface area contributed by atoms with E-state index in [0.717, 1.165) is 77.0 Å². The first-order valence-electron chi connectivity index (χ1n) is 32.5. The molecule has 0 bridgehead atoms. The zero-order chi connectivity index (χ0) is 52.9. The number of allylic oxidation sites excluding steroid dienone is 6. The van der Waals surface area contributed by atoms with E-state index in [9.17, 15) is 14.4 Å². The summed E-state index contributed by atoms with van der Waals surface area (Å²) in [5.74, 6) is -0.858. The van der Waals surface area contributed by atoms with E-state index in [1.807, 2.05) is 0 Å². The molecular weight excluding hydrogens is 901 g/mol. The first-order valence-corrected chi connectivity index (χ1v) is 32.5. The minimum Gasteiger partial charge on any atom is -0.462 e. The summed E-state index contributed by atoms with van der Waals surface area (Å²) in [6, 6.07) is 0. The molecule has 0 saturated carbocycles. The summed E-state index contributed by atoms with van der Waals surface area (Å²) < 4.78 is 16.9. The molecule has 73 heavy (non-hydrogen) atoms. The molecule has 0 saturated heterocycles. The molecule has 0 aliphatic carbocycles. The topological polar surface area (TPSA) is 78.9 Å². The molecule has 0 heterocycles. The van der Waals surface area contributed by atoms with Crippen LogP contribution in [-0.2, 0) is 28.6 Å². The van der Waals surface area contributed by atoms with Crippen molar-refractivity contribution in [1.29, 1.82) is 0 Å². The van der Waals surface area contributed by atoms with Crippen LogP contribution in [0.2, 0.25) is 0 Å². The quantitative estimate of drug-likeness (QED) is 0.0261. The van der Waals surface area contributed by atoms with Crippen LogP contribution >= 0.6 is 0 Å². The summed E-state index contributed by atoms with van der Waals surface area (Å²) in [5.41, 5.74) is 0. The molecule has 0 rings (SSSR count). The van der Waals surface area contributed by atoms with Gasteiger partial charge < -0.3 is 14.2 Å². The van der Waals surface area contributed by atoms with E-state index >= 15 is 0 Å². The third-order valence-electron chi connectivity index (χ3n) is 14.6. The Hall–Kier alpha value is -2.37. The standard InChI is InChI=1S/C67H124O6/c1-4-7-10-13-16-19-22-24-26-28-30-31-32-33-34-35-36-37-38-40-41-43-45-48-51-54-57-60-66(69)72-63-64(62-71-65(68)59-56-53-50-47-21-18-15-12-9-6-3)73-67(70)61-58-55-52-49-46-44-42-39-29-27-25-23-20-17-14-11-8-5-2/h12,15,22,24,28,30,64H,4-11,13-14,16-21,23,25-27,29,31-63H2,1-3H3/b15-12-,24-22-,30-28-. The van der Waals surface area contributed by atoms with Gasteiger partial charge in [0.15, 0.2) is 6.10 Å². The van der Waals surface area contributed by atoms with Gasteiger partial charge in [-0.1, -0.05) is 301 Å². The van der Waals surface area contributed by atoms with E-state index in [1.54, 1.807) is 0 Å². The third kappa shape index (κ3) is 60.4. The second-order valence-electron chi connectivity index (χ2n) is 22.0. The molecule has 0 N–H and O–H groups in total. The molecule has 0 radical (unpaired) electrons. The van der Waals surface area contributed by atoms with Crippen LogP contribution in [0.3, 0.4) is 0 Å². The first-order chi connectivity index (χ1) is 36.0. The molecule has 6 nitrogen and oxygen atoms in total. The number of carbonyl (C=O) groups excluding carboxylic acids is 3. The van der Waals surface area contributed by atoms with E-state index in [4.69, 9.17) is 14.2 Å². The zero-order valence-corrected chi connectivity index (χ0v) is 49.2. The Kier molecular flexibility index (Phi) is 60.2. The highest BCUT2D eigenvalue weighted by molar-refractivity contribution is 5.71. The molecule has 0 fully saturated rings. The SMILES string of the molecule is CCC/C=C\CCCCCCCC(=O)OCC(COC(=O)CCCCCCCCCCCCCCCCC/C=C\C/C=C\CCCCCCC)OC(=O)CCCCCCCCCCCCCCCCCCCC. The second kappa shape index (κ2) is 62.2. The fraction of sp³-hybridized carbons (Fsp3) is 0.866. The minimum absolute atomic E-state index is 0.0701. The van der Waals surface area contributed by atoms with Gasteiger partial charge in [0, 0.05) is 19.3 Å². The van der Waals surface area contributed by atoms with E-state index in [1.165, 1.54) is 238 Å². The number of hydrogen-bond donors (Lipinski definition) is 0. The molecule has 0 aliphatic rings. The van der Waals surface area contributed by atoms with Crippen molar-refractivity contribution in [3.8, 4) is 0 Å². The Bertz CT molecular complexity index is 1220. The van der Waals surface area contributed by atoms with Gasteiger partial charge in [0.1, 0.15) is 13.2 Å². The lowest BCUT2D eigenvalue weighted by Gasteiger charge is -2.18. The Morgan fingerprint density at radius 1 is 0.274 bits per heavy atom. The Balaban J connectivity index is 4.15. The Labute approximate surface area is 455 Å². The summed E-state index contributed by atoms with van der Waals surface area (Å²) >= 11 is 0. The lowest BCUT2D eigenvalue weighted by Crippen LogP contribution is -2.30. The van der Waals surface area contributed by atoms with Crippen LogP contribution in [-0.4, -0.2) is 37.2 Å². The van der Waals surface area contributed by atoms with Crippen molar-refractivity contribution in [3.05, 3.63) is 36.5 Å². The molecule has 0 amide bonds. The lowest BCUT2D eigenvalue weighted by atomic mass is 10.0. The average molecular weight is 1030 g/mol. The van der Waals surface area contributed by atoms with Gasteiger partial charge in [0.25, 0.3) is 0 Å². The highest BCUT2D eigenvalue weighted by atomic mass is 16.6. The average Bonchev–Trinajstić information content (AvgIpc) is 3.39. The number of carbonyl (C=O) groups is 3. The smallest absolute Gasteiger partial charge is 0.306 e. The third-order valence-corrected chi connectivity index (χ3v) is 14.6. The van der Waals surface area contributed by atoms with Crippen LogP contribution in [0.25, 0.3) is 0 Å². The van der Waals surface area contributed by atoms with Crippen molar-refractivity contribution in [3.63, 3.8) is 0 Å². The van der Waals surface area contributed by atoms with Crippen LogP contribution in [0, 0.1) is 0 Å². The first kappa shape index (κ1) is 70.6. The van der Waals surface area contributed by atoms with Gasteiger partial charge in [0.05, 0.1) is 0 Å². The van der Waals surface area contributed by atoms with Gasteiger partial charge in [-0.3, -0.25) is 14.4 Å². The second-order valence-corrected chi connectivity index (χ2v) is 22.0. The summed E-state index contributed by atoms with van der Waals surface area (Å²) in [5, 5.41) is 0. The Morgan fingerprint density at radius 2 is 0.521 bits per heavy atom. The van der Waals surface area contributed by atoms with E-state index in [2.05, 4.69) is 57.2 Å². The number of ether oxygens (including phenoxy) is 3. The highest BCUT2D eigenvalue weighted by Gasteiger charge is 2.19. The summed E-state index contributed by atoms with van der Waals surface area (Å²) in [6.07, 6.45) is 76.0. The van der Waals surface area contributed by atoms with Crippen molar-refractivity contribution < 1.29 is 28.6 Å². The maximum Gasteiger partial charge on any atom is 0.306 e. The predicted molar refractivity (Wildman–Crippen MR) is 316 cm³/mol. The number of hydrogen-bond acceptors (Lipinski definition) is 6. The zero-order valence-electron chi connectivity index (χ0n) is 49.2. The number of esters is 3. The molecule has 0 aromatic rings. The fourth-order valence-electron chi connectivity index (χ4n) is 9.71. The minimum atomic E-state index is -0.772. The fourth-order valence-corrected chi connectivity index (χ4v) is 9.71. The summed E-state index contributed by atoms with van der Waals surface area (Å²) in [4.78, 5) is 38.2. The number of rotatable bonds is 60. The molecule has 1 atom stereocenters. The van der Waals surface area contributed by atoms with Crippen LogP contribution in [0.1, 0.15) is 355 Å². The van der Waals surface area contributed by atoms with Crippen LogP contribution in [0.4, 0.5) is 0 Å². The highest BCUT2D eigenvalue weighted by Crippen LogP contribution is 2.18. The van der Waals surface area contributed by atoms with Gasteiger partial charge in [-0.25, -0.2) is 0 Å². The lowest BCUT2D eigenvalue weighted by molar-refractivity contribution is -0.167. The summed E-state index contributed by atoms with van der Waals surface area (Å²) in [6.45, 7) is 6.62. The van der Waals surface area contributed by atoms with Gasteiger partial charge in [-0.15, -0.1) is 0 Å². The number of unbranched alkanes of at least 4 members (excludes halogenated alkanes) is 43. The van der Waals surface area contributed by atoms with Crippen molar-refractivity contribution in [1.82, 2.24) is 0 Å². The monoisotopic (exact) mass is 1020 g/mol. The molecule has 6 heteroatoms. The molecule has 0 spiro atoms. The maximum absolute atomic E-state index is 12.9. The molecule has 0 aliphatic heterocycles. The van der Waals surface area contributed by atoms with Crippen molar-refractivity contribution >= 4 is 17.9 Å². The molecule has 0 aromatic heterocycles. The van der Waals surface area contributed by atoms with Gasteiger partial charge in [0.2, 0.25) is 0 Å². The predicted octanol–water partition coefficient (Wildman–Crippen LogP) is 22.0. The van der Waals surface area contributed by atoms with Gasteiger partial charge in [-0.05, 0) is 70.6 Å². The van der Waals surface area contributed by atoms with Crippen molar-refractivity contribution in [2.75, 3.05) is 13.2 Å². The van der Waals surface area contributed by atoms with Crippen LogP contribution < -0.4 is 0 Å². The van der Waals surface area contributed by atoms with Crippen LogP contribution in [0.5, 0.6) is 0 Å². The summed E-state index contributed by atoms with van der Waals surface area (Å²) in [7, 11) is 0. The molecule has 428 valence electrons. The van der Waals surface area contributed by atoms with Crippen LogP contribution in [0.15, 0.2) is 36.5 Å².